The van der Waals surface area contributed by atoms with E-state index in [-0.39, 0.29) is 6.10 Å². The molecule has 0 radical (unpaired) electrons. The van der Waals surface area contributed by atoms with Gasteiger partial charge in [0.25, 0.3) is 0 Å². The Morgan fingerprint density at radius 1 is 1.43 bits per heavy atom. The van der Waals surface area contributed by atoms with Crippen LogP contribution in [-0.4, -0.2) is 26.5 Å². The van der Waals surface area contributed by atoms with Gasteiger partial charge in [-0.15, -0.1) is 10.2 Å². The second kappa shape index (κ2) is 6.64. The fraction of sp³-hybridized carbons (Fsp3) is 0.462. The normalized spacial score (nSPS) is 18.8. The molecule has 0 unspecified atom stereocenters. The van der Waals surface area contributed by atoms with Crippen LogP contribution < -0.4 is 5.84 Å². The lowest BCUT2D eigenvalue weighted by Crippen LogP contribution is -2.21. The average Bonchev–Trinajstić information content (AvgIpc) is 2.87. The first-order valence-corrected chi connectivity index (χ1v) is 8.15. The number of ether oxygens (including phenoxy) is 1. The summed E-state index contributed by atoms with van der Waals surface area (Å²) in [6.07, 6.45) is 4.82. The van der Waals surface area contributed by atoms with Crippen LogP contribution in [-0.2, 0) is 10.5 Å². The van der Waals surface area contributed by atoms with Crippen LogP contribution in [0, 0.1) is 0 Å². The standard InChI is InChI=1S/C13H16ClN5OS/c14-11-7-9(4-5-16-11)8-21-13-18-17-12(19(13)15)10-3-1-2-6-20-10/h4-5,7,10H,1-3,6,8,15H2/t10-/m0/s1. The van der Waals surface area contributed by atoms with Gasteiger partial charge in [0.1, 0.15) is 11.3 Å². The molecule has 3 rings (SSSR count). The Balaban J connectivity index is 1.67. The number of nitrogen functional groups attached to an aromatic ring is 1. The predicted molar refractivity (Wildman–Crippen MR) is 81.5 cm³/mol. The van der Waals surface area contributed by atoms with Crippen molar-refractivity contribution in [3.8, 4) is 0 Å². The van der Waals surface area contributed by atoms with Crippen LogP contribution in [0.5, 0.6) is 0 Å². The molecule has 6 nitrogen and oxygen atoms in total. The van der Waals surface area contributed by atoms with E-state index in [1.807, 2.05) is 12.1 Å². The minimum atomic E-state index is -0.0408. The van der Waals surface area contributed by atoms with E-state index in [1.54, 1.807) is 6.20 Å². The van der Waals surface area contributed by atoms with Crippen molar-refractivity contribution in [3.63, 3.8) is 0 Å². The molecule has 1 aliphatic rings. The maximum atomic E-state index is 6.08. The zero-order valence-electron chi connectivity index (χ0n) is 11.4. The lowest BCUT2D eigenvalue weighted by atomic mass is 10.1. The van der Waals surface area contributed by atoms with Gasteiger partial charge in [-0.2, -0.15) is 0 Å². The molecule has 3 heterocycles. The van der Waals surface area contributed by atoms with Gasteiger partial charge in [0, 0.05) is 18.6 Å². The van der Waals surface area contributed by atoms with E-state index in [0.29, 0.717) is 21.9 Å². The molecule has 8 heteroatoms. The van der Waals surface area contributed by atoms with Gasteiger partial charge in [0.15, 0.2) is 5.82 Å². The highest BCUT2D eigenvalue weighted by molar-refractivity contribution is 7.98. The highest BCUT2D eigenvalue weighted by Gasteiger charge is 2.23. The van der Waals surface area contributed by atoms with Crippen molar-refractivity contribution in [1.82, 2.24) is 19.9 Å². The average molecular weight is 326 g/mol. The van der Waals surface area contributed by atoms with Gasteiger partial charge in [-0.1, -0.05) is 23.4 Å². The highest BCUT2D eigenvalue weighted by atomic mass is 35.5. The summed E-state index contributed by atoms with van der Waals surface area (Å²) in [5.41, 5.74) is 1.07. The SMILES string of the molecule is Nn1c(SCc2ccnc(Cl)c2)nnc1[C@@H]1CCCCO1. The lowest BCUT2D eigenvalue weighted by molar-refractivity contribution is 0.00780. The zero-order valence-corrected chi connectivity index (χ0v) is 13.0. The summed E-state index contributed by atoms with van der Waals surface area (Å²) < 4.78 is 7.23. The highest BCUT2D eigenvalue weighted by Crippen LogP contribution is 2.28. The largest absolute Gasteiger partial charge is 0.370 e. The summed E-state index contributed by atoms with van der Waals surface area (Å²) in [5.74, 6) is 7.49. The first kappa shape index (κ1) is 14.6. The number of halogens is 1. The second-order valence-corrected chi connectivity index (χ2v) is 6.17. The van der Waals surface area contributed by atoms with E-state index < -0.39 is 0 Å². The minimum absolute atomic E-state index is 0.0408. The lowest BCUT2D eigenvalue weighted by Gasteiger charge is -2.21. The molecule has 0 saturated carbocycles. The van der Waals surface area contributed by atoms with Gasteiger partial charge in [0.2, 0.25) is 5.16 Å². The Morgan fingerprint density at radius 2 is 2.33 bits per heavy atom. The quantitative estimate of drug-likeness (QED) is 0.529. The Morgan fingerprint density at radius 3 is 3.10 bits per heavy atom. The molecule has 0 spiro atoms. The molecule has 1 fully saturated rings. The van der Waals surface area contributed by atoms with E-state index in [1.165, 1.54) is 16.4 Å². The van der Waals surface area contributed by atoms with Crippen molar-refractivity contribution in [1.29, 1.82) is 0 Å². The monoisotopic (exact) mass is 325 g/mol. The summed E-state index contributed by atoms with van der Waals surface area (Å²) in [5, 5.41) is 9.48. The third-order valence-electron chi connectivity index (χ3n) is 3.32. The van der Waals surface area contributed by atoms with Gasteiger partial charge in [-0.25, -0.2) is 9.66 Å². The second-order valence-electron chi connectivity index (χ2n) is 4.84. The smallest absolute Gasteiger partial charge is 0.210 e. The Labute approximate surface area is 132 Å². The topological polar surface area (TPSA) is 78.9 Å². The molecule has 21 heavy (non-hydrogen) atoms. The Hall–Kier alpha value is -1.31. The van der Waals surface area contributed by atoms with Gasteiger partial charge in [0.05, 0.1) is 0 Å². The molecule has 0 aromatic carbocycles. The molecule has 0 bridgehead atoms. The van der Waals surface area contributed by atoms with Crippen LogP contribution in [0.2, 0.25) is 5.15 Å². The fourth-order valence-corrected chi connectivity index (χ4v) is 3.23. The molecule has 2 aromatic rings. The third kappa shape index (κ3) is 3.48. The van der Waals surface area contributed by atoms with Crippen LogP contribution in [0.4, 0.5) is 0 Å². The third-order valence-corrected chi connectivity index (χ3v) is 4.54. The van der Waals surface area contributed by atoms with E-state index in [4.69, 9.17) is 22.2 Å². The van der Waals surface area contributed by atoms with Gasteiger partial charge >= 0.3 is 0 Å². The molecule has 2 aromatic heterocycles. The molecule has 1 saturated heterocycles. The Kier molecular flexibility index (Phi) is 4.62. The first-order chi connectivity index (χ1) is 10.2. The first-order valence-electron chi connectivity index (χ1n) is 6.79. The van der Waals surface area contributed by atoms with Crippen LogP contribution in [0.1, 0.15) is 36.8 Å². The van der Waals surface area contributed by atoms with Gasteiger partial charge in [-0.05, 0) is 37.0 Å². The number of aromatic nitrogens is 4. The van der Waals surface area contributed by atoms with Crippen LogP contribution in [0.25, 0.3) is 0 Å². The van der Waals surface area contributed by atoms with Crippen molar-refractivity contribution in [2.75, 3.05) is 12.4 Å². The molecular weight excluding hydrogens is 310 g/mol. The minimum Gasteiger partial charge on any atom is -0.370 e. The van der Waals surface area contributed by atoms with Crippen LogP contribution in [0.3, 0.4) is 0 Å². The van der Waals surface area contributed by atoms with Gasteiger partial charge < -0.3 is 10.6 Å². The van der Waals surface area contributed by atoms with Crippen LogP contribution in [0.15, 0.2) is 23.5 Å². The van der Waals surface area contributed by atoms with Crippen molar-refractivity contribution < 1.29 is 4.74 Å². The number of thioether (sulfide) groups is 1. The Bertz CT molecular complexity index is 614. The maximum Gasteiger partial charge on any atom is 0.210 e. The number of hydrogen-bond donors (Lipinski definition) is 1. The predicted octanol–water partition coefficient (Wildman–Crippen LogP) is 2.57. The van der Waals surface area contributed by atoms with Gasteiger partial charge in [-0.3, -0.25) is 0 Å². The summed E-state index contributed by atoms with van der Waals surface area (Å²) in [6.45, 7) is 0.759. The number of rotatable bonds is 4. The molecule has 1 aliphatic heterocycles. The maximum absolute atomic E-state index is 6.08. The van der Waals surface area contributed by atoms with Crippen LogP contribution >= 0.6 is 23.4 Å². The molecule has 0 aliphatic carbocycles. The van der Waals surface area contributed by atoms with Crippen molar-refractivity contribution in [2.24, 2.45) is 0 Å². The molecular formula is C13H16ClN5OS. The summed E-state index contributed by atoms with van der Waals surface area (Å²) in [7, 11) is 0. The molecule has 1 atom stereocenters. The van der Waals surface area contributed by atoms with Crippen molar-refractivity contribution in [3.05, 3.63) is 34.9 Å². The zero-order chi connectivity index (χ0) is 14.7. The number of pyridine rings is 1. The van der Waals surface area contributed by atoms with Crippen molar-refractivity contribution in [2.45, 2.75) is 36.3 Å². The van der Waals surface area contributed by atoms with Crippen molar-refractivity contribution >= 4 is 23.4 Å². The summed E-state index contributed by atoms with van der Waals surface area (Å²) in [6, 6.07) is 3.75. The molecule has 2 N–H and O–H groups in total. The number of nitrogens with zero attached hydrogens (tertiary/aromatic N) is 4. The number of hydrogen-bond acceptors (Lipinski definition) is 6. The summed E-state index contributed by atoms with van der Waals surface area (Å²) in [4.78, 5) is 3.96. The van der Waals surface area contributed by atoms with E-state index in [0.717, 1.165) is 31.4 Å². The molecule has 0 amide bonds. The van der Waals surface area contributed by atoms with E-state index >= 15 is 0 Å². The number of nitrogens with two attached hydrogens (primary N) is 1. The molecule has 112 valence electrons. The fourth-order valence-electron chi connectivity index (χ4n) is 2.23. The van der Waals surface area contributed by atoms with E-state index in [9.17, 15) is 0 Å². The van der Waals surface area contributed by atoms with E-state index in [2.05, 4.69) is 15.2 Å². The summed E-state index contributed by atoms with van der Waals surface area (Å²) >= 11 is 7.38.